The molecular weight excluding hydrogens is 224 g/mol. The molecule has 16 heavy (non-hydrogen) atoms. The molecule has 0 aromatic carbocycles. The zero-order chi connectivity index (χ0) is 11.5. The van der Waals surface area contributed by atoms with Gasteiger partial charge in [-0.3, -0.25) is 0 Å². The topological polar surface area (TPSA) is 54.5 Å². The predicted molar refractivity (Wildman–Crippen MR) is 63.2 cm³/mol. The van der Waals surface area contributed by atoms with Crippen LogP contribution in [0.1, 0.15) is 19.5 Å². The number of nitrogens with one attached hydrogen (secondary N) is 1. The lowest BCUT2D eigenvalue weighted by Crippen LogP contribution is -2.01. The van der Waals surface area contributed by atoms with Gasteiger partial charge in [0.05, 0.1) is 0 Å². The molecule has 0 saturated heterocycles. The van der Waals surface area contributed by atoms with Crippen LogP contribution in [0.25, 0.3) is 11.6 Å². The molecule has 0 amide bonds. The lowest BCUT2D eigenvalue weighted by Gasteiger charge is -2.05. The minimum absolute atomic E-state index is 0.456. The Bertz CT molecular complexity index is 465. The molecule has 0 aliphatic rings. The second-order valence-electron chi connectivity index (χ2n) is 4.04. The first-order valence-electron chi connectivity index (χ1n) is 5.18. The molecule has 2 heterocycles. The smallest absolute Gasteiger partial charge is 0.197 e. The summed E-state index contributed by atoms with van der Waals surface area (Å²) in [6, 6.07) is 1.80. The molecule has 2 aromatic rings. The van der Waals surface area contributed by atoms with E-state index in [1.54, 1.807) is 18.5 Å². The second kappa shape index (κ2) is 4.61. The summed E-state index contributed by atoms with van der Waals surface area (Å²) in [6.45, 7) is 4.28. The lowest BCUT2D eigenvalue weighted by atomic mass is 10.1. The fourth-order valence-electron chi connectivity index (χ4n) is 1.48. The van der Waals surface area contributed by atoms with E-state index in [9.17, 15) is 0 Å². The highest BCUT2D eigenvalue weighted by Crippen LogP contribution is 2.16. The van der Waals surface area contributed by atoms with E-state index in [0.717, 1.165) is 12.1 Å². The maximum atomic E-state index is 5.96. The van der Waals surface area contributed by atoms with Crippen molar-refractivity contribution < 1.29 is 0 Å². The van der Waals surface area contributed by atoms with Gasteiger partial charge in [-0.25, -0.2) is 15.0 Å². The number of nitrogens with zero attached hydrogens (tertiary/aromatic N) is 3. The van der Waals surface area contributed by atoms with Crippen molar-refractivity contribution in [2.75, 3.05) is 0 Å². The van der Waals surface area contributed by atoms with Gasteiger partial charge in [-0.1, -0.05) is 25.4 Å². The Morgan fingerprint density at radius 3 is 2.81 bits per heavy atom. The third-order valence-electron chi connectivity index (χ3n) is 2.08. The number of aromatic nitrogens is 4. The van der Waals surface area contributed by atoms with E-state index in [2.05, 4.69) is 33.8 Å². The summed E-state index contributed by atoms with van der Waals surface area (Å²) in [6.07, 6.45) is 4.29. The molecular formula is C11H13ClN4. The fourth-order valence-corrected chi connectivity index (χ4v) is 1.69. The van der Waals surface area contributed by atoms with Crippen molar-refractivity contribution in [2.45, 2.75) is 20.3 Å². The number of rotatable bonds is 3. The number of hydrogen-bond acceptors (Lipinski definition) is 3. The van der Waals surface area contributed by atoms with Gasteiger partial charge in [-0.2, -0.15) is 0 Å². The highest BCUT2D eigenvalue weighted by atomic mass is 35.5. The molecule has 2 rings (SSSR count). The Morgan fingerprint density at radius 1 is 1.38 bits per heavy atom. The van der Waals surface area contributed by atoms with Gasteiger partial charge in [0.15, 0.2) is 11.6 Å². The van der Waals surface area contributed by atoms with E-state index in [4.69, 9.17) is 11.6 Å². The number of aromatic amines is 1. The van der Waals surface area contributed by atoms with Crippen LogP contribution in [0.3, 0.4) is 0 Å². The van der Waals surface area contributed by atoms with Crippen LogP contribution >= 0.6 is 11.6 Å². The average Bonchev–Trinajstić information content (AvgIpc) is 2.67. The van der Waals surface area contributed by atoms with Crippen LogP contribution in [0, 0.1) is 5.92 Å². The van der Waals surface area contributed by atoms with Crippen molar-refractivity contribution in [2.24, 2.45) is 5.92 Å². The van der Waals surface area contributed by atoms with E-state index in [0.29, 0.717) is 22.7 Å². The summed E-state index contributed by atoms with van der Waals surface area (Å²) >= 11 is 5.96. The number of imidazole rings is 1. The van der Waals surface area contributed by atoms with Gasteiger partial charge in [-0.05, 0) is 18.4 Å². The van der Waals surface area contributed by atoms with Crippen molar-refractivity contribution in [3.05, 3.63) is 29.3 Å². The second-order valence-corrected chi connectivity index (χ2v) is 4.43. The van der Waals surface area contributed by atoms with Gasteiger partial charge in [-0.15, -0.1) is 0 Å². The summed E-state index contributed by atoms with van der Waals surface area (Å²) in [5, 5.41) is 0.456. The third-order valence-corrected chi connectivity index (χ3v) is 2.27. The van der Waals surface area contributed by atoms with E-state index in [1.165, 1.54) is 0 Å². The monoisotopic (exact) mass is 236 g/mol. The predicted octanol–water partition coefficient (Wildman–Crippen LogP) is 2.72. The van der Waals surface area contributed by atoms with E-state index >= 15 is 0 Å². The number of hydrogen-bond donors (Lipinski definition) is 1. The summed E-state index contributed by atoms with van der Waals surface area (Å²) in [5.74, 6) is 1.73. The Morgan fingerprint density at radius 2 is 2.19 bits per heavy atom. The van der Waals surface area contributed by atoms with Crippen LogP contribution in [0.5, 0.6) is 0 Å². The Kier molecular flexibility index (Phi) is 3.19. The average molecular weight is 237 g/mol. The molecule has 5 heteroatoms. The van der Waals surface area contributed by atoms with Crippen LogP contribution in [0.15, 0.2) is 18.5 Å². The van der Waals surface area contributed by atoms with Crippen LogP contribution in [-0.4, -0.2) is 19.9 Å². The SMILES string of the molecule is CC(C)Cc1cc(Cl)nc(-c2ncc[nH]2)n1. The molecule has 2 aromatic heterocycles. The van der Waals surface area contributed by atoms with Crippen molar-refractivity contribution >= 4 is 11.6 Å². The van der Waals surface area contributed by atoms with Crippen molar-refractivity contribution in [3.63, 3.8) is 0 Å². The molecule has 0 bridgehead atoms. The molecule has 0 saturated carbocycles. The first kappa shape index (κ1) is 11.1. The highest BCUT2D eigenvalue weighted by Gasteiger charge is 2.08. The molecule has 0 fully saturated rings. The molecule has 0 aliphatic carbocycles. The zero-order valence-electron chi connectivity index (χ0n) is 9.24. The molecule has 0 atom stereocenters. The maximum Gasteiger partial charge on any atom is 0.197 e. The van der Waals surface area contributed by atoms with E-state index < -0.39 is 0 Å². The first-order valence-corrected chi connectivity index (χ1v) is 5.56. The standard InChI is InChI=1S/C11H13ClN4/c1-7(2)5-8-6-9(12)16-11(15-8)10-13-3-4-14-10/h3-4,6-7H,5H2,1-2H3,(H,13,14). The van der Waals surface area contributed by atoms with Crippen molar-refractivity contribution in [1.29, 1.82) is 0 Å². The Balaban J connectivity index is 2.36. The molecule has 84 valence electrons. The van der Waals surface area contributed by atoms with Gasteiger partial charge in [0.2, 0.25) is 0 Å². The Hall–Kier alpha value is -1.42. The molecule has 0 radical (unpaired) electrons. The molecule has 1 N–H and O–H groups in total. The van der Waals surface area contributed by atoms with E-state index in [-0.39, 0.29) is 0 Å². The quantitative estimate of drug-likeness (QED) is 0.834. The fraction of sp³-hybridized carbons (Fsp3) is 0.364. The molecule has 0 unspecified atom stereocenters. The van der Waals surface area contributed by atoms with Gasteiger partial charge in [0.1, 0.15) is 5.15 Å². The van der Waals surface area contributed by atoms with Gasteiger partial charge >= 0.3 is 0 Å². The summed E-state index contributed by atoms with van der Waals surface area (Å²) in [4.78, 5) is 15.6. The van der Waals surface area contributed by atoms with Crippen LogP contribution in [0.4, 0.5) is 0 Å². The molecule has 0 aliphatic heterocycles. The Labute approximate surface area is 99.1 Å². The van der Waals surface area contributed by atoms with Crippen LogP contribution in [0.2, 0.25) is 5.15 Å². The highest BCUT2D eigenvalue weighted by molar-refractivity contribution is 6.29. The van der Waals surface area contributed by atoms with Crippen LogP contribution in [-0.2, 0) is 6.42 Å². The molecule has 0 spiro atoms. The lowest BCUT2D eigenvalue weighted by molar-refractivity contribution is 0.634. The number of H-pyrrole nitrogens is 1. The molecule has 4 nitrogen and oxygen atoms in total. The largest absolute Gasteiger partial charge is 0.342 e. The number of halogens is 1. The zero-order valence-corrected chi connectivity index (χ0v) is 9.99. The van der Waals surface area contributed by atoms with Gasteiger partial charge in [0.25, 0.3) is 0 Å². The minimum Gasteiger partial charge on any atom is -0.342 e. The summed E-state index contributed by atoms with van der Waals surface area (Å²) in [5.41, 5.74) is 0.946. The first-order chi connectivity index (χ1) is 7.65. The summed E-state index contributed by atoms with van der Waals surface area (Å²) in [7, 11) is 0. The van der Waals surface area contributed by atoms with Gasteiger partial charge in [0, 0.05) is 18.1 Å². The van der Waals surface area contributed by atoms with Gasteiger partial charge < -0.3 is 4.98 Å². The normalized spacial score (nSPS) is 11.0. The van der Waals surface area contributed by atoms with E-state index in [1.807, 2.05) is 0 Å². The van der Waals surface area contributed by atoms with Crippen LogP contribution < -0.4 is 0 Å². The van der Waals surface area contributed by atoms with Crippen molar-refractivity contribution in [3.8, 4) is 11.6 Å². The minimum atomic E-state index is 0.456. The summed E-state index contributed by atoms with van der Waals surface area (Å²) < 4.78 is 0. The maximum absolute atomic E-state index is 5.96. The third kappa shape index (κ3) is 2.58. The van der Waals surface area contributed by atoms with Crippen molar-refractivity contribution in [1.82, 2.24) is 19.9 Å².